The molecule has 144 valence electrons. The van der Waals surface area contributed by atoms with Gasteiger partial charge in [0.2, 0.25) is 11.7 Å². The molecule has 0 atom stereocenters. The van der Waals surface area contributed by atoms with Crippen molar-refractivity contribution in [1.29, 1.82) is 0 Å². The van der Waals surface area contributed by atoms with Crippen molar-refractivity contribution in [2.45, 2.75) is 20.3 Å². The molecular weight excluding hydrogens is 382 g/mol. The van der Waals surface area contributed by atoms with Gasteiger partial charge in [0.1, 0.15) is 5.58 Å². The van der Waals surface area contributed by atoms with E-state index in [0.717, 1.165) is 5.39 Å². The SMILES string of the molecule is CCC(=O)Nc1ccc(C(=O)COC(=O)c2oc3ccc(Cl)cc3c2C)cc1. The van der Waals surface area contributed by atoms with Gasteiger partial charge in [0.25, 0.3) is 0 Å². The van der Waals surface area contributed by atoms with Crippen molar-refractivity contribution in [3.63, 3.8) is 0 Å². The first-order valence-corrected chi connectivity index (χ1v) is 9.05. The lowest BCUT2D eigenvalue weighted by molar-refractivity contribution is -0.115. The van der Waals surface area contributed by atoms with Crippen LogP contribution in [0, 0.1) is 6.92 Å². The minimum atomic E-state index is -0.718. The molecule has 0 spiro atoms. The Balaban J connectivity index is 1.65. The van der Waals surface area contributed by atoms with Crippen molar-refractivity contribution in [3.05, 3.63) is 64.4 Å². The fourth-order valence-corrected chi connectivity index (χ4v) is 2.83. The summed E-state index contributed by atoms with van der Waals surface area (Å²) in [6.07, 6.45) is 0.365. The quantitative estimate of drug-likeness (QED) is 0.476. The Kier molecular flexibility index (Phi) is 5.80. The number of benzene rings is 2. The minimum Gasteiger partial charge on any atom is -0.451 e. The maximum absolute atomic E-state index is 12.3. The Bertz CT molecular complexity index is 1050. The van der Waals surface area contributed by atoms with Crippen LogP contribution in [0.4, 0.5) is 5.69 Å². The number of carbonyl (C=O) groups excluding carboxylic acids is 3. The van der Waals surface area contributed by atoms with Crippen molar-refractivity contribution in [1.82, 2.24) is 0 Å². The summed E-state index contributed by atoms with van der Waals surface area (Å²) in [6.45, 7) is 3.06. The minimum absolute atomic E-state index is 0.0442. The second-order valence-corrected chi connectivity index (χ2v) is 6.61. The number of nitrogens with one attached hydrogen (secondary N) is 1. The highest BCUT2D eigenvalue weighted by Crippen LogP contribution is 2.28. The van der Waals surface area contributed by atoms with Gasteiger partial charge in [-0.1, -0.05) is 18.5 Å². The van der Waals surface area contributed by atoms with E-state index >= 15 is 0 Å². The van der Waals surface area contributed by atoms with Crippen LogP contribution in [-0.2, 0) is 9.53 Å². The molecule has 1 N–H and O–H groups in total. The number of amides is 1. The zero-order valence-electron chi connectivity index (χ0n) is 15.4. The summed E-state index contributed by atoms with van der Waals surface area (Å²) in [7, 11) is 0. The third-order valence-electron chi connectivity index (χ3n) is 4.23. The number of rotatable bonds is 6. The van der Waals surface area contributed by atoms with Crippen molar-refractivity contribution in [2.24, 2.45) is 0 Å². The van der Waals surface area contributed by atoms with Gasteiger partial charge in [-0.3, -0.25) is 9.59 Å². The number of fused-ring (bicyclic) bond motifs is 1. The van der Waals surface area contributed by atoms with Crippen molar-refractivity contribution < 1.29 is 23.5 Å². The smallest absolute Gasteiger partial charge is 0.375 e. The second kappa shape index (κ2) is 8.27. The number of ketones is 1. The Hall–Kier alpha value is -3.12. The molecule has 0 radical (unpaired) electrons. The molecule has 0 fully saturated rings. The number of esters is 1. The van der Waals surface area contributed by atoms with Crippen LogP contribution >= 0.6 is 11.6 Å². The molecule has 0 aliphatic carbocycles. The van der Waals surface area contributed by atoms with Gasteiger partial charge in [0, 0.05) is 33.6 Å². The summed E-state index contributed by atoms with van der Waals surface area (Å²) in [6, 6.07) is 11.4. The first-order chi connectivity index (χ1) is 13.4. The van der Waals surface area contributed by atoms with Gasteiger partial charge in [-0.25, -0.2) is 4.79 Å². The average molecular weight is 400 g/mol. The highest BCUT2D eigenvalue weighted by molar-refractivity contribution is 6.31. The van der Waals surface area contributed by atoms with Crippen LogP contribution in [0.2, 0.25) is 5.02 Å². The fraction of sp³-hybridized carbons (Fsp3) is 0.190. The number of ether oxygens (including phenoxy) is 1. The van der Waals surface area contributed by atoms with Crippen molar-refractivity contribution in [2.75, 3.05) is 11.9 Å². The molecule has 3 aromatic rings. The highest BCUT2D eigenvalue weighted by atomic mass is 35.5. The number of aryl methyl sites for hydroxylation is 1. The van der Waals surface area contributed by atoms with Gasteiger partial charge in [-0.15, -0.1) is 0 Å². The standard InChI is InChI=1S/C21H18ClNO5/c1-3-19(25)23-15-7-4-13(5-8-15)17(24)11-27-21(26)20-12(2)16-10-14(22)6-9-18(16)28-20/h4-10H,3,11H2,1-2H3,(H,23,25). The van der Waals surface area contributed by atoms with Crippen LogP contribution in [0.3, 0.4) is 0 Å². The van der Waals surface area contributed by atoms with Crippen LogP contribution in [-0.4, -0.2) is 24.3 Å². The first-order valence-electron chi connectivity index (χ1n) is 8.68. The summed E-state index contributed by atoms with van der Waals surface area (Å²) in [5, 5.41) is 3.95. The lowest BCUT2D eigenvalue weighted by atomic mass is 10.1. The van der Waals surface area contributed by atoms with E-state index in [4.69, 9.17) is 20.8 Å². The third kappa shape index (κ3) is 4.23. The summed E-state index contributed by atoms with van der Waals surface area (Å²) in [5.41, 5.74) is 2.09. The first kappa shape index (κ1) is 19.6. The lowest BCUT2D eigenvalue weighted by Crippen LogP contribution is -2.15. The number of furan rings is 1. The number of Topliss-reactive ketones (excluding diaryl/α,β-unsaturated/α-hetero) is 1. The predicted octanol–water partition coefficient (Wildman–Crippen LogP) is 4.78. The molecule has 0 aliphatic heterocycles. The molecule has 3 rings (SSSR count). The number of halogens is 1. The Morgan fingerprint density at radius 3 is 2.50 bits per heavy atom. The van der Waals surface area contributed by atoms with Crippen LogP contribution in [0.5, 0.6) is 0 Å². The number of anilines is 1. The summed E-state index contributed by atoms with van der Waals surface area (Å²) in [5.74, 6) is -1.15. The summed E-state index contributed by atoms with van der Waals surface area (Å²) in [4.78, 5) is 35.9. The molecule has 6 nitrogen and oxygen atoms in total. The molecule has 2 aromatic carbocycles. The number of carbonyl (C=O) groups is 3. The maximum atomic E-state index is 12.3. The van der Waals surface area contributed by atoms with Crippen LogP contribution in [0.1, 0.15) is 39.8 Å². The van der Waals surface area contributed by atoms with Crippen molar-refractivity contribution in [3.8, 4) is 0 Å². The van der Waals surface area contributed by atoms with Gasteiger partial charge < -0.3 is 14.5 Å². The summed E-state index contributed by atoms with van der Waals surface area (Å²) < 4.78 is 10.6. The van der Waals surface area contributed by atoms with Gasteiger partial charge in [-0.2, -0.15) is 0 Å². The van der Waals surface area contributed by atoms with E-state index in [1.54, 1.807) is 56.3 Å². The van der Waals surface area contributed by atoms with Gasteiger partial charge in [0.05, 0.1) is 0 Å². The second-order valence-electron chi connectivity index (χ2n) is 6.18. The predicted molar refractivity (Wildman–Crippen MR) is 106 cm³/mol. The van der Waals surface area contributed by atoms with Gasteiger partial charge in [0.15, 0.2) is 12.4 Å². The molecule has 0 saturated heterocycles. The van der Waals surface area contributed by atoms with E-state index < -0.39 is 12.6 Å². The molecule has 0 unspecified atom stereocenters. The van der Waals surface area contributed by atoms with Crippen LogP contribution in [0.15, 0.2) is 46.9 Å². The van der Waals surface area contributed by atoms with Gasteiger partial charge >= 0.3 is 5.97 Å². The van der Waals surface area contributed by atoms with Crippen molar-refractivity contribution >= 4 is 45.9 Å². The van der Waals surface area contributed by atoms with E-state index in [1.165, 1.54) is 0 Å². The topological polar surface area (TPSA) is 85.6 Å². The highest BCUT2D eigenvalue weighted by Gasteiger charge is 2.20. The van der Waals surface area contributed by atoms with Crippen LogP contribution < -0.4 is 5.32 Å². The molecule has 0 bridgehead atoms. The molecule has 1 aromatic heterocycles. The molecule has 7 heteroatoms. The van der Waals surface area contributed by atoms with Crippen LogP contribution in [0.25, 0.3) is 11.0 Å². The monoisotopic (exact) mass is 399 g/mol. The molecule has 1 amide bonds. The van der Waals surface area contributed by atoms with E-state index in [0.29, 0.717) is 33.8 Å². The summed E-state index contributed by atoms with van der Waals surface area (Å²) >= 11 is 5.97. The van der Waals surface area contributed by atoms with E-state index in [1.807, 2.05) is 0 Å². The fourth-order valence-electron chi connectivity index (χ4n) is 2.66. The third-order valence-corrected chi connectivity index (χ3v) is 4.46. The van der Waals surface area contributed by atoms with E-state index in [-0.39, 0.29) is 17.5 Å². The number of hydrogen-bond donors (Lipinski definition) is 1. The van der Waals surface area contributed by atoms with E-state index in [2.05, 4.69) is 5.32 Å². The molecule has 0 saturated carbocycles. The van der Waals surface area contributed by atoms with Gasteiger partial charge in [-0.05, 0) is 49.4 Å². The molecule has 1 heterocycles. The Morgan fingerprint density at radius 1 is 1.11 bits per heavy atom. The molecular formula is C21H18ClNO5. The molecule has 0 aliphatic rings. The average Bonchev–Trinajstić information content (AvgIpc) is 3.02. The molecule has 28 heavy (non-hydrogen) atoms. The zero-order valence-corrected chi connectivity index (χ0v) is 16.1. The lowest BCUT2D eigenvalue weighted by Gasteiger charge is -2.06. The zero-order chi connectivity index (χ0) is 20.3. The Morgan fingerprint density at radius 2 is 1.82 bits per heavy atom. The Labute approximate surface area is 166 Å². The largest absolute Gasteiger partial charge is 0.451 e. The maximum Gasteiger partial charge on any atom is 0.375 e. The number of hydrogen-bond acceptors (Lipinski definition) is 5. The van der Waals surface area contributed by atoms with E-state index in [9.17, 15) is 14.4 Å². The normalized spacial score (nSPS) is 10.7.